The van der Waals surface area contributed by atoms with Gasteiger partial charge in [-0.05, 0) is 62.7 Å². The highest BCUT2D eigenvalue weighted by Crippen LogP contribution is 2.37. The van der Waals surface area contributed by atoms with Gasteiger partial charge >= 0.3 is 0 Å². The summed E-state index contributed by atoms with van der Waals surface area (Å²) >= 11 is 1.61. The van der Waals surface area contributed by atoms with Crippen LogP contribution in [0.1, 0.15) is 28.8 Å². The first-order valence-corrected chi connectivity index (χ1v) is 12.3. The third-order valence-electron chi connectivity index (χ3n) is 6.11. The molecule has 0 unspecified atom stereocenters. The molecule has 7 nitrogen and oxygen atoms in total. The van der Waals surface area contributed by atoms with Gasteiger partial charge in [0.05, 0.1) is 23.5 Å². The number of hydrogen-bond acceptors (Lipinski definition) is 7. The van der Waals surface area contributed by atoms with Gasteiger partial charge in [-0.2, -0.15) is 0 Å². The molecule has 0 radical (unpaired) electrons. The van der Waals surface area contributed by atoms with Gasteiger partial charge in [-0.15, -0.1) is 11.3 Å². The van der Waals surface area contributed by atoms with Gasteiger partial charge in [-0.1, -0.05) is 18.2 Å². The summed E-state index contributed by atoms with van der Waals surface area (Å²) in [5.74, 6) is 1.30. The van der Waals surface area contributed by atoms with E-state index < -0.39 is 0 Å². The van der Waals surface area contributed by atoms with E-state index in [1.807, 2.05) is 55.6 Å². The number of benzene rings is 2. The molecule has 0 aliphatic carbocycles. The van der Waals surface area contributed by atoms with E-state index in [1.165, 1.54) is 0 Å². The molecule has 0 bridgehead atoms. The highest BCUT2D eigenvalue weighted by Gasteiger charge is 2.18. The largest absolute Gasteiger partial charge is 0.496 e. The summed E-state index contributed by atoms with van der Waals surface area (Å²) in [4.78, 5) is 22.0. The summed E-state index contributed by atoms with van der Waals surface area (Å²) in [6, 6.07) is 13.9. The van der Waals surface area contributed by atoms with Crippen molar-refractivity contribution in [3.63, 3.8) is 0 Å². The molecule has 1 amide bonds. The van der Waals surface area contributed by atoms with E-state index in [4.69, 9.17) is 9.72 Å². The fraction of sp³-hybridized carbons (Fsp3) is 0.269. The minimum atomic E-state index is -0.0201. The van der Waals surface area contributed by atoms with Crippen LogP contribution in [0.3, 0.4) is 0 Å². The average molecular weight is 474 g/mol. The van der Waals surface area contributed by atoms with Crippen LogP contribution in [0.4, 0.5) is 11.6 Å². The van der Waals surface area contributed by atoms with Gasteiger partial charge in [0.15, 0.2) is 0 Å². The SMILES string of the molecule is COc1ccccc1-c1csc2cnc(Nc3ccc(C(=O)NC4CCNCC4)c(C)c3)nc12. The molecule has 0 atom stereocenters. The van der Waals surface area contributed by atoms with E-state index in [-0.39, 0.29) is 11.9 Å². The van der Waals surface area contributed by atoms with Crippen LogP contribution < -0.4 is 20.7 Å². The lowest BCUT2D eigenvalue weighted by Crippen LogP contribution is -2.42. The number of ether oxygens (including phenoxy) is 1. The normalized spacial score (nSPS) is 14.2. The Hall–Kier alpha value is -3.49. The molecule has 0 saturated carbocycles. The fourth-order valence-electron chi connectivity index (χ4n) is 4.30. The van der Waals surface area contributed by atoms with E-state index in [2.05, 4.69) is 26.3 Å². The molecule has 1 saturated heterocycles. The third kappa shape index (κ3) is 4.60. The molecule has 8 heteroatoms. The number of nitrogens with one attached hydrogen (secondary N) is 3. The van der Waals surface area contributed by atoms with Crippen LogP contribution >= 0.6 is 11.3 Å². The highest BCUT2D eigenvalue weighted by molar-refractivity contribution is 7.17. The molecule has 4 aromatic rings. The molecule has 2 aromatic carbocycles. The first-order valence-electron chi connectivity index (χ1n) is 11.4. The summed E-state index contributed by atoms with van der Waals surface area (Å²) in [6.45, 7) is 3.84. The molecule has 34 heavy (non-hydrogen) atoms. The molecular formula is C26H27N5O2S. The van der Waals surface area contributed by atoms with Gasteiger partial charge in [0.25, 0.3) is 5.91 Å². The van der Waals surface area contributed by atoms with Crippen LogP contribution in [0.25, 0.3) is 21.3 Å². The Balaban J connectivity index is 1.37. The molecule has 1 fully saturated rings. The van der Waals surface area contributed by atoms with Crippen LogP contribution in [0.15, 0.2) is 54.0 Å². The number of methoxy groups -OCH3 is 1. The number of aryl methyl sites for hydroxylation is 1. The Morgan fingerprint density at radius 1 is 1.15 bits per heavy atom. The van der Waals surface area contributed by atoms with Crippen LogP contribution in [0.2, 0.25) is 0 Å². The van der Waals surface area contributed by atoms with Gasteiger partial charge in [0.1, 0.15) is 5.75 Å². The number of carbonyl (C=O) groups excluding carboxylic acids is 1. The number of hydrogen-bond donors (Lipinski definition) is 3. The zero-order valence-electron chi connectivity index (χ0n) is 19.2. The average Bonchev–Trinajstić information content (AvgIpc) is 3.27. The Morgan fingerprint density at radius 3 is 2.76 bits per heavy atom. The summed E-state index contributed by atoms with van der Waals surface area (Å²) in [6.07, 6.45) is 3.76. The first kappa shape index (κ1) is 22.3. The monoisotopic (exact) mass is 473 g/mol. The topological polar surface area (TPSA) is 88.2 Å². The van der Waals surface area contributed by atoms with E-state index in [9.17, 15) is 4.79 Å². The number of piperidine rings is 1. The smallest absolute Gasteiger partial charge is 0.251 e. The summed E-state index contributed by atoms with van der Waals surface area (Å²) in [5, 5.41) is 11.9. The molecule has 3 heterocycles. The Bertz CT molecular complexity index is 1330. The number of thiophene rings is 1. The molecule has 174 valence electrons. The summed E-state index contributed by atoms with van der Waals surface area (Å²) < 4.78 is 6.55. The van der Waals surface area contributed by atoms with Gasteiger partial charge in [0.2, 0.25) is 5.95 Å². The maximum atomic E-state index is 12.8. The maximum Gasteiger partial charge on any atom is 0.251 e. The number of nitrogens with zero attached hydrogens (tertiary/aromatic N) is 2. The minimum Gasteiger partial charge on any atom is -0.496 e. The molecular weight excluding hydrogens is 446 g/mol. The number of para-hydroxylation sites is 1. The standard InChI is InChI=1S/C26H27N5O2S/c1-16-13-18(7-8-19(16)25(32)29-17-9-11-27-12-10-17)30-26-28-14-23-24(31-26)21(15-34-23)20-5-3-4-6-22(20)33-2/h3-8,13-15,17,27H,9-12H2,1-2H3,(H,29,32)(H,28,30,31). The second-order valence-electron chi connectivity index (χ2n) is 8.41. The lowest BCUT2D eigenvalue weighted by Gasteiger charge is -2.24. The van der Waals surface area contributed by atoms with Gasteiger partial charge < -0.3 is 20.7 Å². The predicted octanol–water partition coefficient (Wildman–Crippen LogP) is 4.90. The van der Waals surface area contributed by atoms with Crippen LogP contribution in [-0.2, 0) is 0 Å². The fourth-order valence-corrected chi connectivity index (χ4v) is 5.17. The van der Waals surface area contributed by atoms with Crippen molar-refractivity contribution in [1.29, 1.82) is 0 Å². The van der Waals surface area contributed by atoms with Crippen molar-refractivity contribution in [2.24, 2.45) is 0 Å². The third-order valence-corrected chi connectivity index (χ3v) is 7.02. The number of rotatable bonds is 6. The molecule has 2 aromatic heterocycles. The lowest BCUT2D eigenvalue weighted by molar-refractivity contribution is 0.0929. The Labute approximate surface area is 202 Å². The molecule has 1 aliphatic heterocycles. The van der Waals surface area contributed by atoms with Crippen molar-refractivity contribution in [3.05, 3.63) is 65.2 Å². The van der Waals surface area contributed by atoms with Crippen molar-refractivity contribution in [3.8, 4) is 16.9 Å². The second-order valence-corrected chi connectivity index (χ2v) is 9.32. The highest BCUT2D eigenvalue weighted by atomic mass is 32.1. The number of amides is 1. The van der Waals surface area contributed by atoms with E-state index in [0.29, 0.717) is 11.5 Å². The van der Waals surface area contributed by atoms with Crippen molar-refractivity contribution in [1.82, 2.24) is 20.6 Å². The Morgan fingerprint density at radius 2 is 1.97 bits per heavy atom. The van der Waals surface area contributed by atoms with E-state index in [1.54, 1.807) is 18.4 Å². The predicted molar refractivity (Wildman–Crippen MR) is 137 cm³/mol. The molecule has 5 rings (SSSR count). The van der Waals surface area contributed by atoms with Crippen LogP contribution in [0, 0.1) is 6.92 Å². The summed E-state index contributed by atoms with van der Waals surface area (Å²) in [7, 11) is 1.67. The Kier molecular flexibility index (Phi) is 6.42. The second kappa shape index (κ2) is 9.79. The van der Waals surface area contributed by atoms with E-state index >= 15 is 0 Å². The van der Waals surface area contributed by atoms with Crippen LogP contribution in [0.5, 0.6) is 5.75 Å². The van der Waals surface area contributed by atoms with Crippen LogP contribution in [-0.4, -0.2) is 42.1 Å². The van der Waals surface area contributed by atoms with Gasteiger partial charge in [-0.3, -0.25) is 4.79 Å². The number of carbonyl (C=O) groups is 1. The van der Waals surface area contributed by atoms with E-state index in [0.717, 1.165) is 64.3 Å². The quantitative estimate of drug-likeness (QED) is 0.369. The lowest BCUT2D eigenvalue weighted by atomic mass is 10.0. The van der Waals surface area contributed by atoms with Crippen molar-refractivity contribution in [2.45, 2.75) is 25.8 Å². The van der Waals surface area contributed by atoms with Gasteiger partial charge in [0, 0.05) is 33.8 Å². The molecule has 3 N–H and O–H groups in total. The number of anilines is 2. The zero-order valence-corrected chi connectivity index (χ0v) is 20.0. The number of aromatic nitrogens is 2. The molecule has 1 aliphatic rings. The first-order chi connectivity index (χ1) is 16.6. The molecule has 0 spiro atoms. The maximum absolute atomic E-state index is 12.8. The van der Waals surface area contributed by atoms with Crippen molar-refractivity contribution < 1.29 is 9.53 Å². The summed E-state index contributed by atoms with van der Waals surface area (Å²) in [5.41, 5.74) is 5.33. The number of fused-ring (bicyclic) bond motifs is 1. The minimum absolute atomic E-state index is 0.0201. The van der Waals surface area contributed by atoms with Gasteiger partial charge in [-0.25, -0.2) is 9.97 Å². The van der Waals surface area contributed by atoms with Crippen molar-refractivity contribution >= 4 is 39.1 Å². The zero-order chi connectivity index (χ0) is 23.5. The van der Waals surface area contributed by atoms with Crippen molar-refractivity contribution in [2.75, 3.05) is 25.5 Å².